The van der Waals surface area contributed by atoms with Gasteiger partial charge in [0.25, 0.3) is 5.91 Å². The molecular formula is C20H26N4O4S. The number of aromatic nitrogens is 1. The number of fused-ring (bicyclic) bond motifs is 1. The number of amides is 2. The molecule has 0 aliphatic carbocycles. The average molecular weight is 419 g/mol. The largest absolute Gasteiger partial charge is 0.490 e. The lowest BCUT2D eigenvalue weighted by atomic mass is 10.2. The molecule has 2 aromatic rings. The van der Waals surface area contributed by atoms with Crippen LogP contribution in [-0.4, -0.2) is 55.0 Å². The number of anilines is 1. The van der Waals surface area contributed by atoms with Gasteiger partial charge in [0.1, 0.15) is 0 Å². The minimum Gasteiger partial charge on any atom is -0.490 e. The fourth-order valence-corrected chi connectivity index (χ4v) is 4.10. The lowest BCUT2D eigenvalue weighted by molar-refractivity contribution is -0.115. The molecule has 3 rings (SSSR count). The summed E-state index contributed by atoms with van der Waals surface area (Å²) in [5, 5.41) is 5.97. The monoisotopic (exact) mass is 418 g/mol. The highest BCUT2D eigenvalue weighted by atomic mass is 32.1. The molecule has 156 valence electrons. The van der Waals surface area contributed by atoms with Crippen LogP contribution in [0, 0.1) is 0 Å². The summed E-state index contributed by atoms with van der Waals surface area (Å²) in [5.74, 6) is 0.421. The first-order chi connectivity index (χ1) is 14.0. The van der Waals surface area contributed by atoms with Crippen molar-refractivity contribution in [3.63, 3.8) is 0 Å². The number of nitrogens with zero attached hydrogens (tertiary/aromatic N) is 2. The van der Waals surface area contributed by atoms with Gasteiger partial charge in [-0.1, -0.05) is 0 Å². The summed E-state index contributed by atoms with van der Waals surface area (Å²) < 4.78 is 11.0. The molecular weight excluding hydrogens is 392 g/mol. The van der Waals surface area contributed by atoms with Crippen molar-refractivity contribution >= 4 is 28.3 Å². The van der Waals surface area contributed by atoms with Crippen LogP contribution in [0.4, 0.5) is 5.13 Å². The highest BCUT2D eigenvalue weighted by Crippen LogP contribution is 2.29. The standard InChI is InChI=1S/C20H26N4O4S/c1-4-27-15-7-6-13(10-16(15)28-5-2)19(26)21-11-18(25)23-20-22-14-8-9-24(3)12-17(14)29-20/h6-7,10H,4-5,8-9,11-12H2,1-3H3,(H,21,26)(H,22,23,25). The minimum absolute atomic E-state index is 0.139. The molecule has 0 fully saturated rings. The fourth-order valence-electron chi connectivity index (χ4n) is 3.00. The molecule has 0 atom stereocenters. The molecule has 1 aromatic carbocycles. The number of carbonyl (C=O) groups is 2. The maximum Gasteiger partial charge on any atom is 0.251 e. The number of ether oxygens (including phenoxy) is 2. The van der Waals surface area contributed by atoms with Gasteiger partial charge in [0.2, 0.25) is 5.91 Å². The molecule has 1 aliphatic rings. The molecule has 0 bridgehead atoms. The highest BCUT2D eigenvalue weighted by molar-refractivity contribution is 7.15. The maximum absolute atomic E-state index is 12.4. The van der Waals surface area contributed by atoms with Crippen LogP contribution in [0.2, 0.25) is 0 Å². The van der Waals surface area contributed by atoms with E-state index in [9.17, 15) is 9.59 Å². The normalized spacial score (nSPS) is 13.5. The molecule has 29 heavy (non-hydrogen) atoms. The Balaban J connectivity index is 1.56. The molecule has 1 aromatic heterocycles. The molecule has 0 radical (unpaired) electrons. The SMILES string of the molecule is CCOc1ccc(C(=O)NCC(=O)Nc2nc3c(s2)CN(C)CC3)cc1OCC. The van der Waals surface area contributed by atoms with Crippen molar-refractivity contribution in [1.82, 2.24) is 15.2 Å². The number of rotatable bonds is 8. The third kappa shape index (κ3) is 5.45. The summed E-state index contributed by atoms with van der Waals surface area (Å²) >= 11 is 1.48. The second kappa shape index (κ2) is 9.71. The Hall–Kier alpha value is -2.65. The van der Waals surface area contributed by atoms with Gasteiger partial charge in [-0.3, -0.25) is 9.59 Å². The zero-order valence-corrected chi connectivity index (χ0v) is 17.7. The van der Waals surface area contributed by atoms with Gasteiger partial charge in [0, 0.05) is 30.0 Å². The Morgan fingerprint density at radius 2 is 1.97 bits per heavy atom. The van der Waals surface area contributed by atoms with E-state index in [4.69, 9.17) is 9.47 Å². The second-order valence-electron chi connectivity index (χ2n) is 6.64. The Labute approximate surface area is 174 Å². The Morgan fingerprint density at radius 1 is 1.21 bits per heavy atom. The Kier molecular flexibility index (Phi) is 7.05. The first-order valence-electron chi connectivity index (χ1n) is 9.65. The number of hydrogen-bond donors (Lipinski definition) is 2. The molecule has 0 spiro atoms. The lowest BCUT2D eigenvalue weighted by Gasteiger charge is -2.20. The van der Waals surface area contributed by atoms with Gasteiger partial charge in [-0.25, -0.2) is 4.98 Å². The third-order valence-corrected chi connectivity index (χ3v) is 5.38. The van der Waals surface area contributed by atoms with E-state index < -0.39 is 0 Å². The van der Waals surface area contributed by atoms with E-state index in [0.717, 1.165) is 25.2 Å². The van der Waals surface area contributed by atoms with Gasteiger partial charge in [-0.15, -0.1) is 11.3 Å². The van der Waals surface area contributed by atoms with E-state index in [1.54, 1.807) is 18.2 Å². The van der Waals surface area contributed by atoms with Crippen LogP contribution >= 0.6 is 11.3 Å². The van der Waals surface area contributed by atoms with E-state index >= 15 is 0 Å². The van der Waals surface area contributed by atoms with Crippen molar-refractivity contribution in [3.05, 3.63) is 34.3 Å². The average Bonchev–Trinajstić information content (AvgIpc) is 3.09. The number of nitrogens with one attached hydrogen (secondary N) is 2. The fraction of sp³-hybridized carbons (Fsp3) is 0.450. The number of benzene rings is 1. The zero-order valence-electron chi connectivity index (χ0n) is 16.9. The number of likely N-dealkylation sites (N-methyl/N-ethyl adjacent to an activating group) is 1. The van der Waals surface area contributed by atoms with Gasteiger partial charge in [0.05, 0.1) is 25.5 Å². The van der Waals surface area contributed by atoms with Gasteiger partial charge in [-0.05, 0) is 39.1 Å². The molecule has 2 amide bonds. The first-order valence-corrected chi connectivity index (χ1v) is 10.5. The van der Waals surface area contributed by atoms with Crippen molar-refractivity contribution in [2.24, 2.45) is 0 Å². The van der Waals surface area contributed by atoms with E-state index in [1.165, 1.54) is 16.2 Å². The van der Waals surface area contributed by atoms with Crippen LogP contribution in [0.15, 0.2) is 18.2 Å². The van der Waals surface area contributed by atoms with Gasteiger partial charge >= 0.3 is 0 Å². The van der Waals surface area contributed by atoms with Crippen LogP contribution in [0.25, 0.3) is 0 Å². The topological polar surface area (TPSA) is 92.8 Å². The molecule has 0 unspecified atom stereocenters. The number of carbonyl (C=O) groups excluding carboxylic acids is 2. The van der Waals surface area contributed by atoms with Crippen LogP contribution in [-0.2, 0) is 17.8 Å². The summed E-state index contributed by atoms with van der Waals surface area (Å²) in [5.41, 5.74) is 1.45. The molecule has 2 N–H and O–H groups in total. The van der Waals surface area contributed by atoms with Gasteiger partial charge in [-0.2, -0.15) is 0 Å². The van der Waals surface area contributed by atoms with Gasteiger partial charge in [0.15, 0.2) is 16.6 Å². The van der Waals surface area contributed by atoms with Crippen molar-refractivity contribution in [2.45, 2.75) is 26.8 Å². The van der Waals surface area contributed by atoms with Crippen LogP contribution in [0.1, 0.15) is 34.8 Å². The predicted molar refractivity (Wildman–Crippen MR) is 112 cm³/mol. The van der Waals surface area contributed by atoms with E-state index in [1.807, 2.05) is 13.8 Å². The van der Waals surface area contributed by atoms with Crippen LogP contribution in [0.3, 0.4) is 0 Å². The molecule has 2 heterocycles. The van der Waals surface area contributed by atoms with Crippen molar-refractivity contribution < 1.29 is 19.1 Å². The summed E-state index contributed by atoms with van der Waals surface area (Å²) in [6.07, 6.45) is 0.884. The van der Waals surface area contributed by atoms with Crippen LogP contribution in [0.5, 0.6) is 11.5 Å². The summed E-state index contributed by atoms with van der Waals surface area (Å²) in [7, 11) is 2.06. The smallest absolute Gasteiger partial charge is 0.251 e. The molecule has 0 saturated carbocycles. The summed E-state index contributed by atoms with van der Waals surface area (Å²) in [4.78, 5) is 32.5. The minimum atomic E-state index is -0.357. The number of hydrogen-bond acceptors (Lipinski definition) is 7. The first kappa shape index (κ1) is 21.1. The van der Waals surface area contributed by atoms with E-state index in [0.29, 0.717) is 35.4 Å². The highest BCUT2D eigenvalue weighted by Gasteiger charge is 2.19. The van der Waals surface area contributed by atoms with E-state index in [-0.39, 0.29) is 18.4 Å². The maximum atomic E-state index is 12.4. The predicted octanol–water partition coefficient (Wildman–Crippen LogP) is 2.30. The Morgan fingerprint density at radius 3 is 2.72 bits per heavy atom. The second-order valence-corrected chi connectivity index (χ2v) is 7.72. The molecule has 1 aliphatic heterocycles. The summed E-state index contributed by atoms with van der Waals surface area (Å²) in [6, 6.07) is 4.96. The summed E-state index contributed by atoms with van der Waals surface area (Å²) in [6.45, 7) is 6.38. The third-order valence-electron chi connectivity index (χ3n) is 4.38. The van der Waals surface area contributed by atoms with Crippen molar-refractivity contribution in [3.8, 4) is 11.5 Å². The molecule has 9 heteroatoms. The Bertz CT molecular complexity index is 883. The lowest BCUT2D eigenvalue weighted by Crippen LogP contribution is -2.32. The quantitative estimate of drug-likeness (QED) is 0.683. The van der Waals surface area contributed by atoms with Crippen LogP contribution < -0.4 is 20.1 Å². The molecule has 0 saturated heterocycles. The van der Waals surface area contributed by atoms with E-state index in [2.05, 4.69) is 27.6 Å². The van der Waals surface area contributed by atoms with Crippen molar-refractivity contribution in [2.75, 3.05) is 38.7 Å². The van der Waals surface area contributed by atoms with Gasteiger partial charge < -0.3 is 25.0 Å². The number of thiazole rings is 1. The zero-order chi connectivity index (χ0) is 20.8. The molecule has 8 nitrogen and oxygen atoms in total. The van der Waals surface area contributed by atoms with Crippen molar-refractivity contribution in [1.29, 1.82) is 0 Å².